The van der Waals surface area contributed by atoms with E-state index in [0.717, 1.165) is 32.0 Å². The largest absolute Gasteiger partial charge is 0.387 e. The van der Waals surface area contributed by atoms with Crippen molar-refractivity contribution < 1.29 is 9.50 Å². The molecule has 3 nitrogen and oxygen atoms in total. The summed E-state index contributed by atoms with van der Waals surface area (Å²) < 4.78 is 12.9. The van der Waals surface area contributed by atoms with Gasteiger partial charge in [0, 0.05) is 17.8 Å². The van der Waals surface area contributed by atoms with Gasteiger partial charge in [-0.1, -0.05) is 6.42 Å². The quantitative estimate of drug-likeness (QED) is 0.775. The molecule has 0 amide bonds. The molecule has 15 heavy (non-hydrogen) atoms. The number of aliphatic hydroxyl groups excluding tert-OH is 1. The minimum absolute atomic E-state index is 0.0300. The number of halogens is 1. The van der Waals surface area contributed by atoms with E-state index in [1.165, 1.54) is 12.3 Å². The number of rotatable bonds is 2. The van der Waals surface area contributed by atoms with E-state index < -0.39 is 11.9 Å². The predicted octanol–water partition coefficient (Wildman–Crippen LogP) is 1.40. The van der Waals surface area contributed by atoms with Crippen LogP contribution in [0.15, 0.2) is 18.5 Å². The van der Waals surface area contributed by atoms with Crippen LogP contribution in [0.2, 0.25) is 0 Å². The third-order valence-corrected chi connectivity index (χ3v) is 2.80. The first kappa shape index (κ1) is 10.5. The number of aromatic nitrogens is 1. The Hall–Kier alpha value is -1.00. The second-order valence-corrected chi connectivity index (χ2v) is 3.94. The molecule has 1 aromatic rings. The zero-order chi connectivity index (χ0) is 10.7. The summed E-state index contributed by atoms with van der Waals surface area (Å²) in [6, 6.07) is 1.37. The Bertz CT molecular complexity index is 326. The third-order valence-electron chi connectivity index (χ3n) is 2.80. The lowest BCUT2D eigenvalue weighted by Gasteiger charge is -2.28. The minimum atomic E-state index is -0.659. The molecule has 1 saturated heterocycles. The summed E-state index contributed by atoms with van der Waals surface area (Å²) in [5, 5.41) is 13.2. The molecule has 1 aliphatic heterocycles. The van der Waals surface area contributed by atoms with Gasteiger partial charge in [-0.3, -0.25) is 4.98 Å². The Morgan fingerprint density at radius 1 is 1.47 bits per heavy atom. The van der Waals surface area contributed by atoms with Crippen LogP contribution < -0.4 is 5.32 Å². The first-order valence-corrected chi connectivity index (χ1v) is 5.29. The number of piperidine rings is 1. The van der Waals surface area contributed by atoms with Gasteiger partial charge >= 0.3 is 0 Å². The lowest BCUT2D eigenvalue weighted by Crippen LogP contribution is -2.38. The third kappa shape index (κ3) is 2.52. The second-order valence-electron chi connectivity index (χ2n) is 3.94. The lowest BCUT2D eigenvalue weighted by molar-refractivity contribution is 0.113. The van der Waals surface area contributed by atoms with Gasteiger partial charge < -0.3 is 10.4 Å². The first-order chi connectivity index (χ1) is 7.27. The SMILES string of the molecule is OC(c1cncc(F)c1)C1CCCCN1. The van der Waals surface area contributed by atoms with Crippen LogP contribution in [0.1, 0.15) is 30.9 Å². The molecule has 0 spiro atoms. The van der Waals surface area contributed by atoms with Crippen molar-refractivity contribution >= 4 is 0 Å². The van der Waals surface area contributed by atoms with Crippen LogP contribution in [0.5, 0.6) is 0 Å². The second kappa shape index (κ2) is 4.68. The Morgan fingerprint density at radius 2 is 2.33 bits per heavy atom. The number of pyridine rings is 1. The number of hydrogen-bond acceptors (Lipinski definition) is 3. The van der Waals surface area contributed by atoms with Gasteiger partial charge in [0.2, 0.25) is 0 Å². The van der Waals surface area contributed by atoms with Crippen molar-refractivity contribution in [3.8, 4) is 0 Å². The zero-order valence-corrected chi connectivity index (χ0v) is 8.49. The number of nitrogens with zero attached hydrogens (tertiary/aromatic N) is 1. The summed E-state index contributed by atoms with van der Waals surface area (Å²) in [7, 11) is 0. The van der Waals surface area contributed by atoms with Crippen LogP contribution in [0, 0.1) is 5.82 Å². The summed E-state index contributed by atoms with van der Waals surface area (Å²) >= 11 is 0. The van der Waals surface area contributed by atoms with Crippen molar-refractivity contribution in [1.29, 1.82) is 0 Å². The molecule has 1 fully saturated rings. The summed E-state index contributed by atoms with van der Waals surface area (Å²) in [4.78, 5) is 3.74. The van der Waals surface area contributed by atoms with Gasteiger partial charge in [-0.2, -0.15) is 0 Å². The maximum atomic E-state index is 12.9. The van der Waals surface area contributed by atoms with Crippen molar-refractivity contribution in [1.82, 2.24) is 10.3 Å². The fourth-order valence-corrected chi connectivity index (χ4v) is 1.97. The van der Waals surface area contributed by atoms with E-state index in [2.05, 4.69) is 10.3 Å². The molecule has 4 heteroatoms. The molecular weight excluding hydrogens is 195 g/mol. The molecule has 2 heterocycles. The highest BCUT2D eigenvalue weighted by Crippen LogP contribution is 2.22. The average molecular weight is 210 g/mol. The van der Waals surface area contributed by atoms with E-state index in [9.17, 15) is 9.50 Å². The average Bonchev–Trinajstić information content (AvgIpc) is 2.29. The lowest BCUT2D eigenvalue weighted by atomic mass is 9.96. The Balaban J connectivity index is 2.08. The normalized spacial score (nSPS) is 23.7. The molecule has 0 aliphatic carbocycles. The Kier molecular flexibility index (Phi) is 3.28. The molecule has 2 rings (SSSR count). The molecule has 1 aromatic heterocycles. The molecule has 0 bridgehead atoms. The van der Waals surface area contributed by atoms with Crippen molar-refractivity contribution in [2.75, 3.05) is 6.54 Å². The van der Waals surface area contributed by atoms with Crippen LogP contribution in [0.4, 0.5) is 4.39 Å². The molecule has 1 aliphatic rings. The molecule has 2 N–H and O–H groups in total. The van der Waals surface area contributed by atoms with E-state index in [1.54, 1.807) is 0 Å². The molecule has 2 unspecified atom stereocenters. The number of aliphatic hydroxyl groups is 1. The highest BCUT2D eigenvalue weighted by molar-refractivity contribution is 5.15. The van der Waals surface area contributed by atoms with E-state index in [1.807, 2.05) is 0 Å². The van der Waals surface area contributed by atoms with Crippen LogP contribution in [0.3, 0.4) is 0 Å². The molecule has 0 radical (unpaired) electrons. The molecule has 0 aromatic carbocycles. The van der Waals surface area contributed by atoms with Crippen LogP contribution in [0.25, 0.3) is 0 Å². The van der Waals surface area contributed by atoms with Gasteiger partial charge in [-0.15, -0.1) is 0 Å². The van der Waals surface area contributed by atoms with Crippen LogP contribution in [-0.2, 0) is 0 Å². The van der Waals surface area contributed by atoms with Crippen molar-refractivity contribution in [2.24, 2.45) is 0 Å². The summed E-state index contributed by atoms with van der Waals surface area (Å²) in [6.45, 7) is 0.921. The summed E-state index contributed by atoms with van der Waals surface area (Å²) in [6.07, 6.45) is 5.18. The Morgan fingerprint density at radius 3 is 3.00 bits per heavy atom. The van der Waals surface area contributed by atoms with E-state index >= 15 is 0 Å². The smallest absolute Gasteiger partial charge is 0.141 e. The van der Waals surface area contributed by atoms with Gasteiger partial charge in [0.05, 0.1) is 12.3 Å². The van der Waals surface area contributed by atoms with Crippen LogP contribution >= 0.6 is 0 Å². The summed E-state index contributed by atoms with van der Waals surface area (Å²) in [5.41, 5.74) is 0.550. The van der Waals surface area contributed by atoms with E-state index in [4.69, 9.17) is 0 Å². The van der Waals surface area contributed by atoms with Crippen molar-refractivity contribution in [2.45, 2.75) is 31.4 Å². The van der Waals surface area contributed by atoms with Crippen molar-refractivity contribution in [3.05, 3.63) is 29.8 Å². The van der Waals surface area contributed by atoms with Crippen LogP contribution in [-0.4, -0.2) is 22.7 Å². The number of nitrogens with one attached hydrogen (secondary N) is 1. The van der Waals surface area contributed by atoms with E-state index in [0.29, 0.717) is 5.56 Å². The first-order valence-electron chi connectivity index (χ1n) is 5.29. The standard InChI is InChI=1S/C11H15FN2O/c12-9-5-8(6-13-7-9)11(15)10-3-1-2-4-14-10/h5-7,10-11,14-15H,1-4H2. The predicted molar refractivity (Wildman–Crippen MR) is 54.8 cm³/mol. The Labute approximate surface area is 88.3 Å². The summed E-state index contributed by atoms with van der Waals surface area (Å²) in [5.74, 6) is -0.401. The monoisotopic (exact) mass is 210 g/mol. The molecule has 0 saturated carbocycles. The minimum Gasteiger partial charge on any atom is -0.387 e. The van der Waals surface area contributed by atoms with Gasteiger partial charge in [0.25, 0.3) is 0 Å². The topological polar surface area (TPSA) is 45.2 Å². The van der Waals surface area contributed by atoms with Gasteiger partial charge in [-0.05, 0) is 25.5 Å². The maximum absolute atomic E-state index is 12.9. The highest BCUT2D eigenvalue weighted by atomic mass is 19.1. The number of hydrogen-bond donors (Lipinski definition) is 2. The zero-order valence-electron chi connectivity index (χ0n) is 8.49. The molecule has 2 atom stereocenters. The maximum Gasteiger partial charge on any atom is 0.141 e. The van der Waals surface area contributed by atoms with E-state index in [-0.39, 0.29) is 6.04 Å². The van der Waals surface area contributed by atoms with Gasteiger partial charge in [0.15, 0.2) is 0 Å². The highest BCUT2D eigenvalue weighted by Gasteiger charge is 2.22. The van der Waals surface area contributed by atoms with Gasteiger partial charge in [0.1, 0.15) is 5.82 Å². The molecule has 82 valence electrons. The molecular formula is C11H15FN2O. The fraction of sp³-hybridized carbons (Fsp3) is 0.545. The van der Waals surface area contributed by atoms with Crippen molar-refractivity contribution in [3.63, 3.8) is 0 Å². The van der Waals surface area contributed by atoms with Gasteiger partial charge in [-0.25, -0.2) is 4.39 Å². The fourth-order valence-electron chi connectivity index (χ4n) is 1.97.